The lowest BCUT2D eigenvalue weighted by Gasteiger charge is -2.15. The highest BCUT2D eigenvalue weighted by Crippen LogP contribution is 2.25. The molecule has 2 aromatic rings. The molecule has 5 nitrogen and oxygen atoms in total. The van der Waals surface area contributed by atoms with Crippen LogP contribution in [0.4, 0.5) is 8.78 Å². The zero-order chi connectivity index (χ0) is 18.9. The number of carbonyl (C=O) groups is 2. The van der Waals surface area contributed by atoms with E-state index in [0.29, 0.717) is 22.9 Å². The normalized spacial score (nSPS) is 12.0. The van der Waals surface area contributed by atoms with E-state index < -0.39 is 29.5 Å². The molecule has 0 amide bonds. The fraction of sp³-hybridized carbons (Fsp3) is 0.333. The van der Waals surface area contributed by atoms with Gasteiger partial charge in [0.1, 0.15) is 11.5 Å². The quantitative estimate of drug-likeness (QED) is 0.612. The van der Waals surface area contributed by atoms with Gasteiger partial charge in [0, 0.05) is 24.4 Å². The predicted molar refractivity (Wildman–Crippen MR) is 87.0 cm³/mol. The van der Waals surface area contributed by atoms with Crippen LogP contribution in [0.3, 0.4) is 0 Å². The second kappa shape index (κ2) is 7.04. The van der Waals surface area contributed by atoms with Crippen LogP contribution in [0.1, 0.15) is 39.0 Å². The molecule has 0 spiro atoms. The lowest BCUT2D eigenvalue weighted by atomic mass is 10.0. The average molecular weight is 351 g/mol. The zero-order valence-electron chi connectivity index (χ0n) is 14.6. The standard InChI is InChI=1S/C18H19F2NO4/c1-9-15(10(2)21(4)16(9)18(23)24-5)17(22)11(3)25-14-7-6-12(19)8-13(14)20/h6-8,11H,1-5H3/t11-/m0/s1. The molecule has 0 saturated carbocycles. The van der Waals surface area contributed by atoms with E-state index in [9.17, 15) is 18.4 Å². The highest BCUT2D eigenvalue weighted by Gasteiger charge is 2.29. The van der Waals surface area contributed by atoms with Crippen molar-refractivity contribution >= 4 is 11.8 Å². The predicted octanol–water partition coefficient (Wildman–Crippen LogP) is 3.36. The van der Waals surface area contributed by atoms with Crippen molar-refractivity contribution in [2.75, 3.05) is 7.11 Å². The minimum Gasteiger partial charge on any atom is -0.479 e. The van der Waals surface area contributed by atoms with Gasteiger partial charge in [-0.15, -0.1) is 0 Å². The van der Waals surface area contributed by atoms with Gasteiger partial charge in [0.05, 0.1) is 7.11 Å². The molecule has 25 heavy (non-hydrogen) atoms. The Kier molecular flexibility index (Phi) is 5.25. The number of Topliss-reactive ketones (excluding diaryl/α,β-unsaturated/α-hetero) is 1. The number of hydrogen-bond donors (Lipinski definition) is 0. The van der Waals surface area contributed by atoms with Crippen LogP contribution in [-0.4, -0.2) is 29.5 Å². The monoisotopic (exact) mass is 351 g/mol. The van der Waals surface area contributed by atoms with E-state index in [1.165, 1.54) is 14.0 Å². The van der Waals surface area contributed by atoms with Crippen LogP contribution in [-0.2, 0) is 11.8 Å². The van der Waals surface area contributed by atoms with Gasteiger partial charge in [-0.1, -0.05) is 0 Å². The number of aromatic nitrogens is 1. The number of hydrogen-bond acceptors (Lipinski definition) is 4. The SMILES string of the molecule is COC(=O)c1c(C)c(C(=O)[C@H](C)Oc2ccc(F)cc2F)c(C)n1C. The van der Waals surface area contributed by atoms with Crippen LogP contribution >= 0.6 is 0 Å². The third kappa shape index (κ3) is 3.40. The van der Waals surface area contributed by atoms with Crippen LogP contribution in [0.5, 0.6) is 5.75 Å². The summed E-state index contributed by atoms with van der Waals surface area (Å²) in [6, 6.07) is 2.85. The minimum absolute atomic E-state index is 0.221. The van der Waals surface area contributed by atoms with Gasteiger partial charge in [-0.2, -0.15) is 0 Å². The van der Waals surface area contributed by atoms with Crippen LogP contribution in [0, 0.1) is 25.5 Å². The Morgan fingerprint density at radius 3 is 2.40 bits per heavy atom. The molecule has 2 rings (SSSR count). The Labute approximate surface area is 144 Å². The first-order valence-corrected chi connectivity index (χ1v) is 7.59. The Bertz CT molecular complexity index is 842. The smallest absolute Gasteiger partial charge is 0.354 e. The van der Waals surface area contributed by atoms with Gasteiger partial charge in [0.15, 0.2) is 17.7 Å². The number of nitrogens with zero attached hydrogens (tertiary/aromatic N) is 1. The number of benzene rings is 1. The van der Waals surface area contributed by atoms with Crippen molar-refractivity contribution in [3.8, 4) is 5.75 Å². The molecule has 0 bridgehead atoms. The molecule has 0 radical (unpaired) electrons. The van der Waals surface area contributed by atoms with Crippen LogP contribution < -0.4 is 4.74 Å². The number of halogens is 2. The molecular formula is C18H19F2NO4. The first-order valence-electron chi connectivity index (χ1n) is 7.59. The molecule has 1 atom stereocenters. The van der Waals surface area contributed by atoms with E-state index in [0.717, 1.165) is 12.1 Å². The van der Waals surface area contributed by atoms with E-state index in [2.05, 4.69) is 0 Å². The first kappa shape index (κ1) is 18.6. The molecule has 0 fully saturated rings. The third-order valence-corrected chi connectivity index (χ3v) is 4.12. The van der Waals surface area contributed by atoms with Crippen LogP contribution in [0.2, 0.25) is 0 Å². The molecule has 1 aromatic carbocycles. The molecule has 0 unspecified atom stereocenters. The molecule has 1 heterocycles. The summed E-state index contributed by atoms with van der Waals surface area (Å²) in [5.41, 5.74) is 1.62. The van der Waals surface area contributed by atoms with Crippen LogP contribution in [0.15, 0.2) is 18.2 Å². The Morgan fingerprint density at radius 1 is 1.20 bits per heavy atom. The molecular weight excluding hydrogens is 332 g/mol. The lowest BCUT2D eigenvalue weighted by Crippen LogP contribution is -2.25. The number of methoxy groups -OCH3 is 1. The highest BCUT2D eigenvalue weighted by atomic mass is 19.1. The number of carbonyl (C=O) groups excluding carboxylic acids is 2. The van der Waals surface area contributed by atoms with E-state index in [1.54, 1.807) is 25.5 Å². The van der Waals surface area contributed by atoms with Gasteiger partial charge in [-0.25, -0.2) is 13.6 Å². The van der Waals surface area contributed by atoms with E-state index >= 15 is 0 Å². The minimum atomic E-state index is -1.02. The molecule has 0 N–H and O–H groups in total. The fourth-order valence-corrected chi connectivity index (χ4v) is 2.74. The molecule has 0 saturated heterocycles. The van der Waals surface area contributed by atoms with Gasteiger partial charge in [-0.3, -0.25) is 4.79 Å². The van der Waals surface area contributed by atoms with Crippen LogP contribution in [0.25, 0.3) is 0 Å². The summed E-state index contributed by atoms with van der Waals surface area (Å²) in [4.78, 5) is 24.7. The summed E-state index contributed by atoms with van der Waals surface area (Å²) in [5.74, 6) is -2.82. The van der Waals surface area contributed by atoms with Gasteiger partial charge >= 0.3 is 5.97 Å². The van der Waals surface area contributed by atoms with Gasteiger partial charge in [0.2, 0.25) is 5.78 Å². The van der Waals surface area contributed by atoms with Crippen molar-refractivity contribution in [3.63, 3.8) is 0 Å². The maximum absolute atomic E-state index is 13.7. The summed E-state index contributed by atoms with van der Waals surface area (Å²) >= 11 is 0. The number of rotatable bonds is 5. The average Bonchev–Trinajstić information content (AvgIpc) is 2.78. The third-order valence-electron chi connectivity index (χ3n) is 4.12. The second-order valence-electron chi connectivity index (χ2n) is 5.68. The van der Waals surface area contributed by atoms with E-state index in [-0.39, 0.29) is 11.4 Å². The van der Waals surface area contributed by atoms with Crippen molar-refractivity contribution in [2.24, 2.45) is 7.05 Å². The van der Waals surface area contributed by atoms with E-state index in [4.69, 9.17) is 9.47 Å². The zero-order valence-corrected chi connectivity index (χ0v) is 14.6. The lowest BCUT2D eigenvalue weighted by molar-refractivity contribution is 0.0588. The van der Waals surface area contributed by atoms with Gasteiger partial charge in [0.25, 0.3) is 0 Å². The van der Waals surface area contributed by atoms with Gasteiger partial charge in [-0.05, 0) is 38.5 Å². The maximum Gasteiger partial charge on any atom is 0.354 e. The Hall–Kier alpha value is -2.70. The molecule has 0 aliphatic carbocycles. The van der Waals surface area contributed by atoms with Crippen molar-refractivity contribution in [1.29, 1.82) is 0 Å². The molecule has 0 aliphatic heterocycles. The summed E-state index contributed by atoms with van der Waals surface area (Å²) in [7, 11) is 2.91. The number of ether oxygens (including phenoxy) is 2. The van der Waals surface area contributed by atoms with E-state index in [1.807, 2.05) is 0 Å². The summed E-state index contributed by atoms with van der Waals surface area (Å²) in [5, 5.41) is 0. The summed E-state index contributed by atoms with van der Waals surface area (Å²) < 4.78 is 38.3. The van der Waals surface area contributed by atoms with Crippen molar-refractivity contribution in [2.45, 2.75) is 26.9 Å². The highest BCUT2D eigenvalue weighted by molar-refractivity contribution is 6.04. The fourth-order valence-electron chi connectivity index (χ4n) is 2.74. The van der Waals surface area contributed by atoms with Crippen molar-refractivity contribution in [3.05, 3.63) is 52.3 Å². The Balaban J connectivity index is 2.35. The molecule has 7 heteroatoms. The topological polar surface area (TPSA) is 57.5 Å². The maximum atomic E-state index is 13.7. The van der Waals surface area contributed by atoms with Crippen molar-refractivity contribution in [1.82, 2.24) is 4.57 Å². The van der Waals surface area contributed by atoms with Crippen molar-refractivity contribution < 1.29 is 27.8 Å². The number of ketones is 1. The molecule has 134 valence electrons. The largest absolute Gasteiger partial charge is 0.479 e. The molecule has 1 aromatic heterocycles. The summed E-state index contributed by atoms with van der Waals surface area (Å²) in [6.45, 7) is 4.80. The summed E-state index contributed by atoms with van der Waals surface area (Å²) in [6.07, 6.45) is -1.02. The van der Waals surface area contributed by atoms with Gasteiger partial charge < -0.3 is 14.0 Å². The first-order chi connectivity index (χ1) is 11.7. The second-order valence-corrected chi connectivity index (χ2v) is 5.68. The Morgan fingerprint density at radius 2 is 1.84 bits per heavy atom. The number of esters is 1. The molecule has 0 aliphatic rings.